The van der Waals surface area contributed by atoms with E-state index < -0.39 is 0 Å². The van der Waals surface area contributed by atoms with Crippen LogP contribution >= 0.6 is 11.6 Å². The molecule has 1 aliphatic rings. The van der Waals surface area contributed by atoms with Crippen LogP contribution in [0, 0.1) is 5.92 Å². The van der Waals surface area contributed by atoms with Gasteiger partial charge in [0.1, 0.15) is 0 Å². The maximum Gasteiger partial charge on any atom is 0.0898 e. The van der Waals surface area contributed by atoms with E-state index in [1.807, 2.05) is 24.3 Å². The van der Waals surface area contributed by atoms with Gasteiger partial charge in [0.2, 0.25) is 0 Å². The van der Waals surface area contributed by atoms with E-state index in [9.17, 15) is 0 Å². The fourth-order valence-corrected chi connectivity index (χ4v) is 1.48. The number of hydrogen-bond donors (Lipinski definition) is 1. The normalized spacial score (nSPS) is 17.5. The molecule has 1 saturated carbocycles. The van der Waals surface area contributed by atoms with Crippen molar-refractivity contribution in [2.24, 2.45) is 11.1 Å². The molecule has 1 fully saturated rings. The highest BCUT2D eigenvalue weighted by atomic mass is 35.5. The van der Waals surface area contributed by atoms with Gasteiger partial charge in [0.25, 0.3) is 0 Å². The topological polar surface area (TPSA) is 32.6 Å². The van der Waals surface area contributed by atoms with Crippen molar-refractivity contribution in [3.63, 3.8) is 0 Å². The summed E-state index contributed by atoms with van der Waals surface area (Å²) in [4.78, 5) is 0. The Morgan fingerprint density at radius 1 is 1.31 bits per heavy atom. The molecule has 1 N–H and O–H groups in total. The predicted octanol–water partition coefficient (Wildman–Crippen LogP) is 2.93. The summed E-state index contributed by atoms with van der Waals surface area (Å²) in [5.74, 6) is 0.450. The molecule has 1 aromatic carbocycles. The van der Waals surface area contributed by atoms with Crippen LogP contribution < -0.4 is 0 Å². The van der Waals surface area contributed by atoms with E-state index >= 15 is 0 Å². The number of oxime groups is 1. The van der Waals surface area contributed by atoms with Gasteiger partial charge in [-0.2, -0.15) is 0 Å². The lowest BCUT2D eigenvalue weighted by atomic mass is 10.1. The van der Waals surface area contributed by atoms with Gasteiger partial charge in [-0.3, -0.25) is 0 Å². The van der Waals surface area contributed by atoms with Gasteiger partial charge < -0.3 is 5.21 Å². The molecular weight excluding hydrogens is 186 g/mol. The molecule has 0 aromatic heterocycles. The SMILES string of the molecule is O/N=C(/c1ccc(Cl)cc1)C1CC1. The van der Waals surface area contributed by atoms with E-state index in [1.165, 1.54) is 0 Å². The fraction of sp³-hybridized carbons (Fsp3) is 0.300. The Balaban J connectivity index is 2.28. The molecule has 68 valence electrons. The zero-order valence-corrected chi connectivity index (χ0v) is 7.83. The highest BCUT2D eigenvalue weighted by molar-refractivity contribution is 6.30. The molecule has 3 heteroatoms. The summed E-state index contributed by atoms with van der Waals surface area (Å²) in [6, 6.07) is 7.39. The van der Waals surface area contributed by atoms with Crippen LogP contribution in [-0.4, -0.2) is 10.9 Å². The average Bonchev–Trinajstić information content (AvgIpc) is 2.93. The van der Waals surface area contributed by atoms with Crippen LogP contribution in [0.15, 0.2) is 29.4 Å². The minimum atomic E-state index is 0.450. The molecule has 0 bridgehead atoms. The van der Waals surface area contributed by atoms with Crippen LogP contribution in [0.2, 0.25) is 5.02 Å². The van der Waals surface area contributed by atoms with Crippen molar-refractivity contribution < 1.29 is 5.21 Å². The fourth-order valence-electron chi connectivity index (χ4n) is 1.35. The summed E-state index contributed by atoms with van der Waals surface area (Å²) in [6.07, 6.45) is 2.25. The molecule has 0 saturated heterocycles. The monoisotopic (exact) mass is 195 g/mol. The van der Waals surface area contributed by atoms with Crippen molar-refractivity contribution in [1.82, 2.24) is 0 Å². The minimum absolute atomic E-state index is 0.450. The molecule has 0 heterocycles. The number of halogens is 1. The minimum Gasteiger partial charge on any atom is -0.411 e. The zero-order chi connectivity index (χ0) is 9.26. The second-order valence-corrected chi connectivity index (χ2v) is 3.70. The molecule has 1 aromatic rings. The summed E-state index contributed by atoms with van der Waals surface area (Å²) < 4.78 is 0. The van der Waals surface area contributed by atoms with E-state index in [1.54, 1.807) is 0 Å². The molecule has 13 heavy (non-hydrogen) atoms. The van der Waals surface area contributed by atoms with Gasteiger partial charge >= 0.3 is 0 Å². The van der Waals surface area contributed by atoms with Crippen molar-refractivity contribution in [3.8, 4) is 0 Å². The van der Waals surface area contributed by atoms with E-state index in [4.69, 9.17) is 16.8 Å². The Morgan fingerprint density at radius 3 is 2.38 bits per heavy atom. The van der Waals surface area contributed by atoms with Crippen molar-refractivity contribution in [2.45, 2.75) is 12.8 Å². The lowest BCUT2D eigenvalue weighted by Gasteiger charge is -2.01. The Hall–Kier alpha value is -1.02. The summed E-state index contributed by atoms with van der Waals surface area (Å²) in [5, 5.41) is 12.8. The number of nitrogens with zero attached hydrogens (tertiary/aromatic N) is 1. The van der Waals surface area contributed by atoms with E-state index in [-0.39, 0.29) is 0 Å². The molecule has 0 unspecified atom stereocenters. The number of hydrogen-bond acceptors (Lipinski definition) is 2. The second-order valence-electron chi connectivity index (χ2n) is 3.27. The Labute approximate surface area is 81.8 Å². The number of rotatable bonds is 2. The third kappa shape index (κ3) is 1.83. The Kier molecular flexibility index (Phi) is 2.23. The van der Waals surface area contributed by atoms with Crippen molar-refractivity contribution >= 4 is 17.3 Å². The molecule has 0 amide bonds. The van der Waals surface area contributed by atoms with Gasteiger partial charge in [0, 0.05) is 10.9 Å². The summed E-state index contributed by atoms with van der Waals surface area (Å²) in [5.41, 5.74) is 1.76. The van der Waals surface area contributed by atoms with Gasteiger partial charge in [-0.25, -0.2) is 0 Å². The molecule has 0 atom stereocenters. The van der Waals surface area contributed by atoms with E-state index in [0.29, 0.717) is 10.9 Å². The molecule has 1 aliphatic carbocycles. The lowest BCUT2D eigenvalue weighted by molar-refractivity contribution is 0.317. The first kappa shape index (κ1) is 8.57. The van der Waals surface area contributed by atoms with Crippen molar-refractivity contribution in [3.05, 3.63) is 34.9 Å². The van der Waals surface area contributed by atoms with Crippen LogP contribution in [0.5, 0.6) is 0 Å². The van der Waals surface area contributed by atoms with Gasteiger partial charge in [-0.1, -0.05) is 28.9 Å². The molecule has 0 spiro atoms. The smallest absolute Gasteiger partial charge is 0.0898 e. The summed E-state index contributed by atoms with van der Waals surface area (Å²) >= 11 is 5.75. The third-order valence-electron chi connectivity index (χ3n) is 2.21. The highest BCUT2D eigenvalue weighted by Crippen LogP contribution is 2.33. The van der Waals surface area contributed by atoms with Gasteiger partial charge in [0.05, 0.1) is 5.71 Å². The van der Waals surface area contributed by atoms with Crippen LogP contribution in [0.3, 0.4) is 0 Å². The van der Waals surface area contributed by atoms with Gasteiger partial charge in [-0.05, 0) is 30.5 Å². The third-order valence-corrected chi connectivity index (χ3v) is 2.46. The van der Waals surface area contributed by atoms with Crippen LogP contribution in [0.25, 0.3) is 0 Å². The molecule has 0 aliphatic heterocycles. The quantitative estimate of drug-likeness (QED) is 0.439. The molecule has 2 rings (SSSR count). The van der Waals surface area contributed by atoms with E-state index in [0.717, 1.165) is 24.1 Å². The Morgan fingerprint density at radius 2 is 1.92 bits per heavy atom. The maximum atomic E-state index is 8.81. The standard InChI is InChI=1S/C10H10ClNO/c11-9-5-3-8(4-6-9)10(12-13)7-1-2-7/h3-7,13H,1-2H2/b12-10+. The first-order valence-electron chi connectivity index (χ1n) is 4.29. The van der Waals surface area contributed by atoms with Crippen LogP contribution in [0.4, 0.5) is 0 Å². The first-order valence-corrected chi connectivity index (χ1v) is 4.67. The van der Waals surface area contributed by atoms with E-state index in [2.05, 4.69) is 5.16 Å². The maximum absolute atomic E-state index is 8.81. The van der Waals surface area contributed by atoms with Crippen LogP contribution in [0.1, 0.15) is 18.4 Å². The van der Waals surface area contributed by atoms with Crippen molar-refractivity contribution in [1.29, 1.82) is 0 Å². The van der Waals surface area contributed by atoms with Gasteiger partial charge in [-0.15, -0.1) is 0 Å². The lowest BCUT2D eigenvalue weighted by Crippen LogP contribution is -2.02. The summed E-state index contributed by atoms with van der Waals surface area (Å²) in [7, 11) is 0. The largest absolute Gasteiger partial charge is 0.411 e. The predicted molar refractivity (Wildman–Crippen MR) is 52.5 cm³/mol. The highest BCUT2D eigenvalue weighted by Gasteiger charge is 2.28. The first-order chi connectivity index (χ1) is 6.31. The molecular formula is C10H10ClNO. The molecule has 0 radical (unpaired) electrons. The van der Waals surface area contributed by atoms with Gasteiger partial charge in [0.15, 0.2) is 0 Å². The molecule has 2 nitrogen and oxygen atoms in total. The zero-order valence-electron chi connectivity index (χ0n) is 7.07. The average molecular weight is 196 g/mol. The summed E-state index contributed by atoms with van der Waals surface area (Å²) in [6.45, 7) is 0. The Bertz CT molecular complexity index is 327. The number of benzene rings is 1. The van der Waals surface area contributed by atoms with Crippen LogP contribution in [-0.2, 0) is 0 Å². The van der Waals surface area contributed by atoms with Crippen molar-refractivity contribution in [2.75, 3.05) is 0 Å². The second kappa shape index (κ2) is 3.38.